The Morgan fingerprint density at radius 1 is 1.07 bits per heavy atom. The van der Waals surface area contributed by atoms with E-state index < -0.39 is 10.0 Å². The topological polar surface area (TPSA) is 87.8 Å². The third-order valence-corrected chi connectivity index (χ3v) is 6.37. The van der Waals surface area contributed by atoms with Crippen LogP contribution in [-0.4, -0.2) is 38.3 Å². The second kappa shape index (κ2) is 11.4. The highest BCUT2D eigenvalue weighted by Gasteiger charge is 2.22. The Balaban J connectivity index is 0.00000392. The fourth-order valence-corrected chi connectivity index (χ4v) is 3.79. The lowest BCUT2D eigenvalue weighted by Crippen LogP contribution is -2.33. The van der Waals surface area contributed by atoms with Gasteiger partial charge in [0.1, 0.15) is 0 Å². The van der Waals surface area contributed by atoms with E-state index in [2.05, 4.69) is 22.4 Å². The molecule has 0 aliphatic carbocycles. The van der Waals surface area contributed by atoms with E-state index in [0.29, 0.717) is 19.0 Å². The molecule has 28 heavy (non-hydrogen) atoms. The van der Waals surface area contributed by atoms with Crippen molar-refractivity contribution < 1.29 is 8.42 Å². The number of halogens is 1. The fraction of sp³-hybridized carbons (Fsp3) is 0.350. The zero-order valence-corrected chi connectivity index (χ0v) is 19.6. The van der Waals surface area contributed by atoms with Crippen molar-refractivity contribution in [1.29, 1.82) is 0 Å². The average molecular weight is 516 g/mol. The Bertz CT molecular complexity index is 854. The summed E-state index contributed by atoms with van der Waals surface area (Å²) in [6, 6.07) is 16.8. The maximum atomic E-state index is 12.5. The van der Waals surface area contributed by atoms with E-state index >= 15 is 0 Å². The molecule has 0 fully saturated rings. The van der Waals surface area contributed by atoms with Gasteiger partial charge in [0.15, 0.2) is 5.96 Å². The number of aliphatic imine (C=N–C) groups is 1. The van der Waals surface area contributed by atoms with Crippen LogP contribution in [0.2, 0.25) is 0 Å². The summed E-state index contributed by atoms with van der Waals surface area (Å²) in [6.45, 7) is 4.78. The molecule has 0 heterocycles. The standard InChI is InChI=1S/C20H28N4O2S.HI/c1-16(2)24(3)27(25,26)19-11-9-18(10-12-19)15-23-20(21)22-14-13-17-7-5-4-6-8-17;/h4-12,16H,13-15H2,1-3H3,(H3,21,22,23);1H. The van der Waals surface area contributed by atoms with Gasteiger partial charge in [0, 0.05) is 19.6 Å². The Morgan fingerprint density at radius 2 is 1.68 bits per heavy atom. The first-order valence-corrected chi connectivity index (χ1v) is 10.4. The molecule has 0 bridgehead atoms. The largest absolute Gasteiger partial charge is 0.370 e. The maximum absolute atomic E-state index is 12.5. The monoisotopic (exact) mass is 516 g/mol. The minimum absolute atomic E-state index is 0. The number of sulfonamides is 1. The molecule has 0 saturated carbocycles. The zero-order chi connectivity index (χ0) is 19.9. The van der Waals surface area contributed by atoms with Crippen LogP contribution < -0.4 is 11.1 Å². The van der Waals surface area contributed by atoms with Gasteiger partial charge >= 0.3 is 0 Å². The molecule has 8 heteroatoms. The van der Waals surface area contributed by atoms with Crippen molar-refractivity contribution in [3.63, 3.8) is 0 Å². The lowest BCUT2D eigenvalue weighted by Gasteiger charge is -2.21. The highest BCUT2D eigenvalue weighted by atomic mass is 127. The number of nitrogens with zero attached hydrogens (tertiary/aromatic N) is 2. The van der Waals surface area contributed by atoms with E-state index in [1.807, 2.05) is 32.0 Å². The molecule has 2 rings (SSSR count). The van der Waals surface area contributed by atoms with Gasteiger partial charge in [-0.15, -0.1) is 24.0 Å². The van der Waals surface area contributed by atoms with Crippen molar-refractivity contribution in [3.8, 4) is 0 Å². The zero-order valence-electron chi connectivity index (χ0n) is 16.5. The predicted octanol–water partition coefficient (Wildman–Crippen LogP) is 2.98. The lowest BCUT2D eigenvalue weighted by molar-refractivity contribution is 0.410. The summed E-state index contributed by atoms with van der Waals surface area (Å²) in [7, 11) is -1.88. The van der Waals surface area contributed by atoms with E-state index in [9.17, 15) is 8.42 Å². The first-order valence-electron chi connectivity index (χ1n) is 8.95. The van der Waals surface area contributed by atoms with Crippen molar-refractivity contribution in [1.82, 2.24) is 9.62 Å². The van der Waals surface area contributed by atoms with E-state index in [0.717, 1.165) is 12.0 Å². The predicted molar refractivity (Wildman–Crippen MR) is 125 cm³/mol. The van der Waals surface area contributed by atoms with Crippen LogP contribution in [0, 0.1) is 0 Å². The molecular weight excluding hydrogens is 487 g/mol. The van der Waals surface area contributed by atoms with Crippen LogP contribution in [0.25, 0.3) is 0 Å². The van der Waals surface area contributed by atoms with Gasteiger partial charge in [-0.25, -0.2) is 13.4 Å². The molecule has 0 saturated heterocycles. The number of hydrogen-bond acceptors (Lipinski definition) is 3. The number of rotatable bonds is 8. The number of nitrogens with two attached hydrogens (primary N) is 1. The highest BCUT2D eigenvalue weighted by molar-refractivity contribution is 14.0. The molecule has 0 aliphatic rings. The summed E-state index contributed by atoms with van der Waals surface area (Å²) in [5.41, 5.74) is 8.03. The van der Waals surface area contributed by atoms with Gasteiger partial charge in [0.25, 0.3) is 0 Å². The van der Waals surface area contributed by atoms with E-state index in [1.165, 1.54) is 9.87 Å². The minimum atomic E-state index is -3.46. The maximum Gasteiger partial charge on any atom is 0.243 e. The highest BCUT2D eigenvalue weighted by Crippen LogP contribution is 2.17. The summed E-state index contributed by atoms with van der Waals surface area (Å²) >= 11 is 0. The van der Waals surface area contributed by atoms with Crippen molar-refractivity contribution in [2.45, 2.75) is 37.8 Å². The van der Waals surface area contributed by atoms with Crippen LogP contribution in [0.1, 0.15) is 25.0 Å². The van der Waals surface area contributed by atoms with Crippen LogP contribution in [0.3, 0.4) is 0 Å². The first kappa shape index (κ1) is 24.4. The smallest absolute Gasteiger partial charge is 0.243 e. The van der Waals surface area contributed by atoms with E-state index in [-0.39, 0.29) is 34.9 Å². The fourth-order valence-electron chi connectivity index (χ4n) is 2.42. The molecule has 6 nitrogen and oxygen atoms in total. The molecule has 0 spiro atoms. The van der Waals surface area contributed by atoms with Gasteiger partial charge in [0.2, 0.25) is 10.0 Å². The first-order chi connectivity index (χ1) is 12.8. The van der Waals surface area contributed by atoms with Gasteiger partial charge in [-0.05, 0) is 43.5 Å². The van der Waals surface area contributed by atoms with E-state index in [1.54, 1.807) is 31.3 Å². The molecule has 0 aromatic heterocycles. The van der Waals surface area contributed by atoms with Crippen molar-refractivity contribution in [2.24, 2.45) is 10.7 Å². The quantitative estimate of drug-likeness (QED) is 0.321. The van der Waals surface area contributed by atoms with Crippen LogP contribution in [0.5, 0.6) is 0 Å². The minimum Gasteiger partial charge on any atom is -0.370 e. The van der Waals surface area contributed by atoms with Crippen molar-refractivity contribution >= 4 is 40.0 Å². The third kappa shape index (κ3) is 7.06. The van der Waals surface area contributed by atoms with Crippen LogP contribution in [0.4, 0.5) is 0 Å². The number of hydrogen-bond donors (Lipinski definition) is 2. The molecule has 0 radical (unpaired) electrons. The van der Waals surface area contributed by atoms with Gasteiger partial charge in [-0.1, -0.05) is 42.5 Å². The van der Waals surface area contributed by atoms with Gasteiger partial charge in [-0.2, -0.15) is 4.31 Å². The van der Waals surface area contributed by atoms with Crippen molar-refractivity contribution in [2.75, 3.05) is 13.6 Å². The SMILES string of the molecule is CC(C)N(C)S(=O)(=O)c1ccc(CN=C(N)NCCc2ccccc2)cc1.I. The molecule has 2 aromatic carbocycles. The molecular formula is C20H29IN4O2S. The molecule has 154 valence electrons. The Morgan fingerprint density at radius 3 is 2.25 bits per heavy atom. The van der Waals surface area contributed by atoms with Gasteiger partial charge in [-0.3, -0.25) is 0 Å². The van der Waals surface area contributed by atoms with Gasteiger partial charge in [0.05, 0.1) is 11.4 Å². The molecule has 0 unspecified atom stereocenters. The molecule has 0 amide bonds. The van der Waals surface area contributed by atoms with Crippen LogP contribution >= 0.6 is 24.0 Å². The van der Waals surface area contributed by atoms with E-state index in [4.69, 9.17) is 5.73 Å². The van der Waals surface area contributed by atoms with Crippen molar-refractivity contribution in [3.05, 3.63) is 65.7 Å². The second-order valence-corrected chi connectivity index (χ2v) is 8.62. The molecule has 0 atom stereocenters. The van der Waals surface area contributed by atoms with Gasteiger partial charge < -0.3 is 11.1 Å². The molecule has 0 aliphatic heterocycles. The normalized spacial score (nSPS) is 12.1. The second-order valence-electron chi connectivity index (χ2n) is 6.62. The summed E-state index contributed by atoms with van der Waals surface area (Å²) in [4.78, 5) is 4.58. The number of benzene rings is 2. The Hall–Kier alpha value is -1.65. The molecule has 2 aromatic rings. The average Bonchev–Trinajstić information content (AvgIpc) is 2.67. The van der Waals surface area contributed by atoms with Crippen LogP contribution in [-0.2, 0) is 23.0 Å². The summed E-state index contributed by atoms with van der Waals surface area (Å²) < 4.78 is 26.3. The number of nitrogens with one attached hydrogen (secondary N) is 1. The number of guanidine groups is 1. The summed E-state index contributed by atoms with van der Waals surface area (Å²) in [5.74, 6) is 0.377. The Labute approximate surface area is 185 Å². The molecule has 3 N–H and O–H groups in total. The van der Waals surface area contributed by atoms with Crippen LogP contribution in [0.15, 0.2) is 64.5 Å². The lowest BCUT2D eigenvalue weighted by atomic mass is 10.1. The Kier molecular flexibility index (Phi) is 9.91. The summed E-state index contributed by atoms with van der Waals surface area (Å²) in [6.07, 6.45) is 0.868. The summed E-state index contributed by atoms with van der Waals surface area (Å²) in [5, 5.41) is 3.09. The third-order valence-electron chi connectivity index (χ3n) is 4.32.